The molecule has 2 aromatic carbocycles. The largest absolute Gasteiger partial charge is 0.342 e. The number of aryl methyl sites for hydroxylation is 1. The molecule has 1 aliphatic carbocycles. The van der Waals surface area contributed by atoms with Gasteiger partial charge in [-0.2, -0.15) is 0 Å². The normalized spacial score (nSPS) is 13.8. The number of pyridine rings is 1. The van der Waals surface area contributed by atoms with Gasteiger partial charge in [-0.1, -0.05) is 90.4 Å². The van der Waals surface area contributed by atoms with Crippen LogP contribution >= 0.6 is 0 Å². The minimum absolute atomic E-state index is 0.452. The summed E-state index contributed by atoms with van der Waals surface area (Å²) in [6, 6.07) is 23.8. The molecule has 1 aliphatic rings. The van der Waals surface area contributed by atoms with Gasteiger partial charge in [0.2, 0.25) is 0 Å². The molecule has 4 rings (SSSR count). The summed E-state index contributed by atoms with van der Waals surface area (Å²) in [7, 11) is 4.27. The molecule has 0 amide bonds. The van der Waals surface area contributed by atoms with Crippen molar-refractivity contribution in [1.82, 2.24) is 4.98 Å². The molecule has 144 valence electrons. The summed E-state index contributed by atoms with van der Waals surface area (Å²) in [4.78, 5) is 7.22. The van der Waals surface area contributed by atoms with Crippen LogP contribution in [0.15, 0.2) is 96.7 Å². The van der Waals surface area contributed by atoms with Crippen LogP contribution in [0.1, 0.15) is 29.5 Å². The van der Waals surface area contributed by atoms with Gasteiger partial charge in [0, 0.05) is 13.2 Å². The van der Waals surface area contributed by atoms with Gasteiger partial charge in [-0.25, -0.2) is 4.98 Å². The molecule has 0 spiro atoms. The van der Waals surface area contributed by atoms with E-state index in [-0.39, 0.29) is 0 Å². The van der Waals surface area contributed by atoms with Crippen molar-refractivity contribution in [3.63, 3.8) is 0 Å². The molecule has 1 aromatic heterocycles. The van der Waals surface area contributed by atoms with E-state index >= 15 is 0 Å². The predicted molar refractivity (Wildman–Crippen MR) is 126 cm³/mol. The second kappa shape index (κ2) is 8.12. The standard InChI is InChI=1S/C26H27BN2/c1-20-18-24(27)19-28-25(20)29(2)26(21-12-6-3-7-13-21,22-14-8-4-9-15-22)23-16-10-5-11-17-23/h3-4,6-10,12-19H,5,11,27H2,1-2H3. The van der Waals surface area contributed by atoms with Crippen molar-refractivity contribution in [2.75, 3.05) is 11.9 Å². The van der Waals surface area contributed by atoms with Crippen LogP contribution in [0.2, 0.25) is 0 Å². The van der Waals surface area contributed by atoms with Gasteiger partial charge in [0.1, 0.15) is 19.2 Å². The van der Waals surface area contributed by atoms with E-state index in [2.05, 4.69) is 112 Å². The van der Waals surface area contributed by atoms with Crippen molar-refractivity contribution in [3.05, 3.63) is 113 Å². The van der Waals surface area contributed by atoms with E-state index < -0.39 is 5.54 Å². The zero-order valence-corrected chi connectivity index (χ0v) is 17.5. The van der Waals surface area contributed by atoms with E-state index in [4.69, 9.17) is 4.98 Å². The molecule has 0 aliphatic heterocycles. The van der Waals surface area contributed by atoms with E-state index in [9.17, 15) is 0 Å². The maximum atomic E-state index is 4.86. The summed E-state index contributed by atoms with van der Waals surface area (Å²) >= 11 is 0. The molecule has 0 unspecified atom stereocenters. The Morgan fingerprint density at radius 2 is 1.55 bits per heavy atom. The first-order valence-corrected chi connectivity index (χ1v) is 10.3. The molecule has 2 nitrogen and oxygen atoms in total. The molecular formula is C26H27BN2. The second-order valence-electron chi connectivity index (χ2n) is 7.79. The summed E-state index contributed by atoms with van der Waals surface area (Å²) < 4.78 is 0. The van der Waals surface area contributed by atoms with Crippen LogP contribution in [0.3, 0.4) is 0 Å². The lowest BCUT2D eigenvalue weighted by molar-refractivity contribution is 0.587. The SMILES string of the molecule is Bc1cnc(N(C)C(C2=CCCC=C2)(c2ccccc2)c2ccccc2)c(C)c1. The monoisotopic (exact) mass is 378 g/mol. The van der Waals surface area contributed by atoms with Crippen molar-refractivity contribution in [3.8, 4) is 0 Å². The quantitative estimate of drug-likeness (QED) is 0.616. The summed E-state index contributed by atoms with van der Waals surface area (Å²) in [5, 5.41) is 0. The molecule has 3 heteroatoms. The fraction of sp³-hybridized carbons (Fsp3) is 0.192. The Morgan fingerprint density at radius 1 is 0.931 bits per heavy atom. The van der Waals surface area contributed by atoms with Crippen LogP contribution in [0, 0.1) is 6.92 Å². The molecule has 0 saturated heterocycles. The minimum atomic E-state index is -0.452. The number of aromatic nitrogens is 1. The molecule has 29 heavy (non-hydrogen) atoms. The summed E-state index contributed by atoms with van der Waals surface area (Å²) in [5.74, 6) is 1.00. The van der Waals surface area contributed by atoms with E-state index in [0.29, 0.717) is 0 Å². The number of allylic oxidation sites excluding steroid dienone is 2. The topological polar surface area (TPSA) is 16.1 Å². The maximum absolute atomic E-state index is 4.86. The first-order chi connectivity index (χ1) is 14.1. The second-order valence-corrected chi connectivity index (χ2v) is 7.79. The van der Waals surface area contributed by atoms with Crippen molar-refractivity contribution in [2.24, 2.45) is 0 Å². The van der Waals surface area contributed by atoms with Gasteiger partial charge in [0.15, 0.2) is 0 Å². The zero-order chi connectivity index (χ0) is 20.3. The fourth-order valence-electron chi connectivity index (χ4n) is 4.54. The summed E-state index contributed by atoms with van der Waals surface area (Å²) in [6.07, 6.45) is 11.1. The Morgan fingerprint density at radius 3 is 2.07 bits per heavy atom. The highest BCUT2D eigenvalue weighted by atomic mass is 15.2. The number of hydrogen-bond acceptors (Lipinski definition) is 2. The molecule has 3 aromatic rings. The lowest BCUT2D eigenvalue weighted by Crippen LogP contribution is -2.47. The van der Waals surface area contributed by atoms with Crippen LogP contribution in [-0.2, 0) is 5.54 Å². The average Bonchev–Trinajstić information content (AvgIpc) is 2.76. The van der Waals surface area contributed by atoms with Gasteiger partial charge >= 0.3 is 0 Å². The highest BCUT2D eigenvalue weighted by Crippen LogP contribution is 2.45. The van der Waals surface area contributed by atoms with Crippen molar-refractivity contribution in [2.45, 2.75) is 25.3 Å². The Labute approximate surface area is 175 Å². The summed E-state index contributed by atoms with van der Waals surface area (Å²) in [6.45, 7) is 2.15. The maximum Gasteiger partial charge on any atom is 0.141 e. The summed E-state index contributed by atoms with van der Waals surface area (Å²) in [5.41, 5.74) is 5.70. The molecule has 0 bridgehead atoms. The Kier molecular flexibility index (Phi) is 5.39. The predicted octanol–water partition coefficient (Wildman–Crippen LogP) is 4.30. The molecule has 0 fully saturated rings. The molecule has 0 N–H and O–H groups in total. The van der Waals surface area contributed by atoms with E-state index in [0.717, 1.165) is 18.7 Å². The Bertz CT molecular complexity index is 999. The van der Waals surface area contributed by atoms with Gasteiger partial charge in [-0.3, -0.25) is 0 Å². The molecular weight excluding hydrogens is 351 g/mol. The first kappa shape index (κ1) is 19.3. The average molecular weight is 378 g/mol. The third-order valence-electron chi connectivity index (χ3n) is 5.80. The third kappa shape index (κ3) is 3.42. The van der Waals surface area contributed by atoms with E-state index in [1.165, 1.54) is 27.7 Å². The number of rotatable bonds is 5. The number of anilines is 1. The van der Waals surface area contributed by atoms with Gasteiger partial charge in [-0.05, 0) is 42.0 Å². The molecule has 1 heterocycles. The van der Waals surface area contributed by atoms with Crippen LogP contribution in [0.25, 0.3) is 0 Å². The van der Waals surface area contributed by atoms with Gasteiger partial charge in [0.25, 0.3) is 0 Å². The smallest absolute Gasteiger partial charge is 0.141 e. The molecule has 0 radical (unpaired) electrons. The molecule has 0 atom stereocenters. The zero-order valence-electron chi connectivity index (χ0n) is 17.5. The van der Waals surface area contributed by atoms with E-state index in [1.54, 1.807) is 0 Å². The van der Waals surface area contributed by atoms with E-state index in [1.807, 2.05) is 6.20 Å². The van der Waals surface area contributed by atoms with Crippen molar-refractivity contribution < 1.29 is 0 Å². The first-order valence-electron chi connectivity index (χ1n) is 10.3. The third-order valence-corrected chi connectivity index (χ3v) is 5.80. The lowest BCUT2D eigenvalue weighted by Gasteiger charge is -2.46. The van der Waals surface area contributed by atoms with Gasteiger partial charge in [0.05, 0.1) is 0 Å². The Hall–Kier alpha value is -3.07. The Balaban J connectivity index is 2.04. The minimum Gasteiger partial charge on any atom is -0.342 e. The molecule has 0 saturated carbocycles. The van der Waals surface area contributed by atoms with Crippen LogP contribution in [0.4, 0.5) is 5.82 Å². The van der Waals surface area contributed by atoms with Gasteiger partial charge in [-0.15, -0.1) is 0 Å². The highest BCUT2D eigenvalue weighted by Gasteiger charge is 2.42. The van der Waals surface area contributed by atoms with Crippen LogP contribution in [-0.4, -0.2) is 19.9 Å². The number of nitrogens with zero attached hydrogens (tertiary/aromatic N) is 2. The fourth-order valence-corrected chi connectivity index (χ4v) is 4.54. The number of likely N-dealkylation sites (N-methyl/N-ethyl adjacent to an activating group) is 1. The van der Waals surface area contributed by atoms with Gasteiger partial charge < -0.3 is 4.90 Å². The van der Waals surface area contributed by atoms with Crippen molar-refractivity contribution in [1.29, 1.82) is 0 Å². The number of hydrogen-bond donors (Lipinski definition) is 0. The lowest BCUT2D eigenvalue weighted by atomic mass is 9.73. The van der Waals surface area contributed by atoms with Crippen molar-refractivity contribution >= 4 is 19.1 Å². The van der Waals surface area contributed by atoms with Crippen LogP contribution < -0.4 is 10.4 Å². The number of benzene rings is 2. The van der Waals surface area contributed by atoms with Crippen LogP contribution in [0.5, 0.6) is 0 Å². The highest BCUT2D eigenvalue weighted by molar-refractivity contribution is 6.32.